The number of nitrogens with zero attached hydrogens (tertiary/aromatic N) is 1. The highest BCUT2D eigenvalue weighted by molar-refractivity contribution is 14.0. The van der Waals surface area contributed by atoms with Gasteiger partial charge in [-0.1, -0.05) is 39.0 Å². The summed E-state index contributed by atoms with van der Waals surface area (Å²) >= 11 is 0. The van der Waals surface area contributed by atoms with Gasteiger partial charge in [0.25, 0.3) is 0 Å². The number of halogens is 1. The predicted molar refractivity (Wildman–Crippen MR) is 92.1 cm³/mol. The lowest BCUT2D eigenvalue weighted by molar-refractivity contribution is -0.0235. The highest BCUT2D eigenvalue weighted by Gasteiger charge is 2.33. The monoisotopic (exact) mass is 383 g/mol. The topological polar surface area (TPSA) is 70.6 Å². The van der Waals surface area contributed by atoms with E-state index in [0.29, 0.717) is 12.5 Å². The van der Waals surface area contributed by atoms with Crippen LogP contribution in [0.15, 0.2) is 4.99 Å². The zero-order valence-electron chi connectivity index (χ0n) is 12.2. The van der Waals surface area contributed by atoms with E-state index < -0.39 is 5.60 Å². The maximum Gasteiger partial charge on any atom is 0.188 e. The van der Waals surface area contributed by atoms with E-state index in [1.165, 1.54) is 32.1 Å². The maximum absolute atomic E-state index is 9.86. The molecule has 1 aliphatic carbocycles. The third-order valence-electron chi connectivity index (χ3n) is 3.66. The van der Waals surface area contributed by atoms with Gasteiger partial charge in [-0.15, -0.1) is 24.0 Å². The van der Waals surface area contributed by atoms with Gasteiger partial charge < -0.3 is 16.2 Å². The van der Waals surface area contributed by atoms with Crippen LogP contribution in [0, 0.1) is 0 Å². The van der Waals surface area contributed by atoms with Crippen LogP contribution in [0.3, 0.4) is 0 Å². The minimum atomic E-state index is -0.563. The van der Waals surface area contributed by atoms with E-state index in [4.69, 9.17) is 5.73 Å². The van der Waals surface area contributed by atoms with E-state index in [1.54, 1.807) is 0 Å². The normalized spacial score (nSPS) is 17.5. The molecular weight excluding hydrogens is 353 g/mol. The van der Waals surface area contributed by atoms with Crippen LogP contribution in [0.1, 0.15) is 64.7 Å². The number of rotatable bonds is 9. The Bertz CT molecular complexity index is 255. The van der Waals surface area contributed by atoms with Crippen molar-refractivity contribution in [1.29, 1.82) is 0 Å². The van der Waals surface area contributed by atoms with E-state index in [0.717, 1.165) is 32.2 Å². The molecule has 114 valence electrons. The van der Waals surface area contributed by atoms with Crippen molar-refractivity contribution in [3.8, 4) is 0 Å². The van der Waals surface area contributed by atoms with Crippen LogP contribution < -0.4 is 11.1 Å². The van der Waals surface area contributed by atoms with Gasteiger partial charge in [-0.25, -0.2) is 0 Å². The Labute approximate surface area is 134 Å². The van der Waals surface area contributed by atoms with Crippen LogP contribution >= 0.6 is 24.0 Å². The third-order valence-corrected chi connectivity index (χ3v) is 3.66. The first kappa shape index (κ1) is 19.0. The summed E-state index contributed by atoms with van der Waals surface area (Å²) in [5.41, 5.74) is 5.19. The lowest BCUT2D eigenvalue weighted by atomic mass is 9.80. The number of nitrogens with one attached hydrogen (secondary N) is 1. The third kappa shape index (κ3) is 8.68. The molecule has 0 atom stereocenters. The minimum Gasteiger partial charge on any atom is -0.388 e. The lowest BCUT2D eigenvalue weighted by Gasteiger charge is -2.34. The van der Waals surface area contributed by atoms with Gasteiger partial charge in [0.05, 0.1) is 12.1 Å². The summed E-state index contributed by atoms with van der Waals surface area (Å²) in [6, 6.07) is 0. The first-order valence-corrected chi connectivity index (χ1v) is 7.42. The molecule has 0 unspecified atom stereocenters. The fraction of sp³-hybridized carbons (Fsp3) is 0.929. The zero-order chi connectivity index (χ0) is 13.3. The summed E-state index contributed by atoms with van der Waals surface area (Å²) in [7, 11) is 0. The number of guanidine groups is 1. The number of aliphatic hydroxyl groups is 1. The Morgan fingerprint density at radius 3 is 2.42 bits per heavy atom. The summed E-state index contributed by atoms with van der Waals surface area (Å²) < 4.78 is 0. The fourth-order valence-corrected chi connectivity index (χ4v) is 2.15. The number of nitrogens with two attached hydrogens (primary N) is 1. The summed E-state index contributed by atoms with van der Waals surface area (Å²) in [6.07, 6.45) is 10.5. The molecule has 1 saturated carbocycles. The molecule has 0 heterocycles. The molecule has 0 radical (unpaired) electrons. The second kappa shape index (κ2) is 10.7. The minimum absolute atomic E-state index is 0. The molecule has 4 nitrogen and oxygen atoms in total. The Kier molecular flexibility index (Phi) is 10.7. The molecule has 0 spiro atoms. The van der Waals surface area contributed by atoms with Crippen molar-refractivity contribution < 1.29 is 5.11 Å². The Morgan fingerprint density at radius 1 is 1.21 bits per heavy atom. The fourth-order valence-electron chi connectivity index (χ4n) is 2.15. The molecule has 0 aromatic heterocycles. The van der Waals surface area contributed by atoms with Gasteiger partial charge >= 0.3 is 0 Å². The van der Waals surface area contributed by atoms with Crippen molar-refractivity contribution >= 4 is 29.9 Å². The van der Waals surface area contributed by atoms with Gasteiger partial charge in [-0.2, -0.15) is 0 Å². The maximum atomic E-state index is 9.86. The van der Waals surface area contributed by atoms with Crippen LogP contribution in [0.4, 0.5) is 0 Å². The van der Waals surface area contributed by atoms with Crippen LogP contribution in [0.25, 0.3) is 0 Å². The highest BCUT2D eigenvalue weighted by Crippen LogP contribution is 2.31. The molecular formula is C14H30IN3O. The summed E-state index contributed by atoms with van der Waals surface area (Å²) in [4.78, 5) is 4.20. The standard InChI is InChI=1S/C14H29N3O.HI/c1-2-3-4-5-6-7-11-16-13(15)17-12-14(18)9-8-10-14;/h18H,2-12H2,1H3,(H3,15,16,17);1H. The first-order chi connectivity index (χ1) is 8.66. The van der Waals surface area contributed by atoms with Gasteiger partial charge in [0, 0.05) is 6.54 Å². The number of aliphatic imine (C=N–C) groups is 1. The average Bonchev–Trinajstić information content (AvgIpc) is 2.33. The molecule has 1 rings (SSSR count). The molecule has 1 fully saturated rings. The Balaban J connectivity index is 0.00000324. The molecule has 5 heteroatoms. The van der Waals surface area contributed by atoms with Crippen molar-refractivity contribution in [2.24, 2.45) is 10.7 Å². The van der Waals surface area contributed by atoms with E-state index in [9.17, 15) is 5.11 Å². The highest BCUT2D eigenvalue weighted by atomic mass is 127. The second-order valence-electron chi connectivity index (χ2n) is 5.47. The second-order valence-corrected chi connectivity index (χ2v) is 5.47. The molecule has 4 N–H and O–H groups in total. The average molecular weight is 383 g/mol. The van der Waals surface area contributed by atoms with E-state index in [1.807, 2.05) is 0 Å². The van der Waals surface area contributed by atoms with E-state index in [2.05, 4.69) is 17.2 Å². The van der Waals surface area contributed by atoms with Gasteiger partial charge in [-0.3, -0.25) is 4.99 Å². The first-order valence-electron chi connectivity index (χ1n) is 7.42. The van der Waals surface area contributed by atoms with Crippen molar-refractivity contribution in [2.45, 2.75) is 70.3 Å². The van der Waals surface area contributed by atoms with Crippen LogP contribution in [0.2, 0.25) is 0 Å². The molecule has 0 bridgehead atoms. The van der Waals surface area contributed by atoms with Crippen molar-refractivity contribution in [1.82, 2.24) is 5.32 Å². The molecule has 0 aliphatic heterocycles. The quantitative estimate of drug-likeness (QED) is 0.248. The number of hydrogen-bond donors (Lipinski definition) is 3. The number of hydrogen-bond acceptors (Lipinski definition) is 2. The van der Waals surface area contributed by atoms with Crippen molar-refractivity contribution in [2.75, 3.05) is 13.1 Å². The molecule has 0 amide bonds. The summed E-state index contributed by atoms with van der Waals surface area (Å²) in [5, 5.41) is 13.0. The van der Waals surface area contributed by atoms with E-state index >= 15 is 0 Å². The molecule has 1 aliphatic rings. The van der Waals surface area contributed by atoms with Crippen LogP contribution in [-0.2, 0) is 0 Å². The number of unbranched alkanes of at least 4 members (excludes halogenated alkanes) is 5. The predicted octanol–water partition coefficient (Wildman–Crippen LogP) is 2.78. The largest absolute Gasteiger partial charge is 0.388 e. The molecule has 0 saturated heterocycles. The van der Waals surface area contributed by atoms with Crippen LogP contribution in [0.5, 0.6) is 0 Å². The van der Waals surface area contributed by atoms with Gasteiger partial charge in [-0.05, 0) is 25.7 Å². The summed E-state index contributed by atoms with van der Waals surface area (Å²) in [6.45, 7) is 3.57. The van der Waals surface area contributed by atoms with Gasteiger partial charge in [0.15, 0.2) is 5.96 Å². The van der Waals surface area contributed by atoms with Crippen LogP contribution in [-0.4, -0.2) is 29.8 Å². The zero-order valence-corrected chi connectivity index (χ0v) is 14.5. The van der Waals surface area contributed by atoms with Gasteiger partial charge in [0.2, 0.25) is 0 Å². The molecule has 0 aromatic carbocycles. The Morgan fingerprint density at radius 2 is 1.84 bits per heavy atom. The van der Waals surface area contributed by atoms with Crippen molar-refractivity contribution in [3.63, 3.8) is 0 Å². The molecule has 0 aromatic rings. The lowest BCUT2D eigenvalue weighted by Crippen LogP contribution is -2.42. The van der Waals surface area contributed by atoms with Crippen molar-refractivity contribution in [3.05, 3.63) is 0 Å². The smallest absolute Gasteiger partial charge is 0.188 e. The van der Waals surface area contributed by atoms with Gasteiger partial charge in [0.1, 0.15) is 0 Å². The summed E-state index contributed by atoms with van der Waals surface area (Å²) in [5.74, 6) is 0.476. The van der Waals surface area contributed by atoms with E-state index in [-0.39, 0.29) is 24.0 Å². The Hall–Kier alpha value is -0.0400. The SMILES string of the molecule is CCCCCCCCNC(N)=NCC1(O)CCC1.I. The molecule has 19 heavy (non-hydrogen) atoms.